The van der Waals surface area contributed by atoms with Crippen molar-refractivity contribution in [2.45, 2.75) is 25.7 Å². The first-order chi connectivity index (χ1) is 11.5. The number of nitrogens with zero attached hydrogens (tertiary/aromatic N) is 5. The van der Waals surface area contributed by atoms with Crippen molar-refractivity contribution in [1.82, 2.24) is 24.5 Å². The number of carbonyl (C=O) groups excluding carboxylic acids is 2. The molecule has 0 aromatic carbocycles. The van der Waals surface area contributed by atoms with Gasteiger partial charge in [-0.25, -0.2) is 0 Å². The fourth-order valence-electron chi connectivity index (χ4n) is 2.70. The van der Waals surface area contributed by atoms with Crippen LogP contribution < -0.4 is 0 Å². The van der Waals surface area contributed by atoms with Crippen molar-refractivity contribution in [1.29, 1.82) is 0 Å². The second-order valence-electron chi connectivity index (χ2n) is 6.40. The summed E-state index contributed by atoms with van der Waals surface area (Å²) in [5.41, 5.74) is -0.757. The SMILES string of the molecule is Cc1cc(C(F)(F)F)nn1CC(=O)N1CCN(C)C(C(=O)N(C)C)C1. The van der Waals surface area contributed by atoms with E-state index in [1.54, 1.807) is 21.1 Å². The Labute approximate surface area is 144 Å². The minimum absolute atomic E-state index is 0.116. The van der Waals surface area contributed by atoms with Crippen molar-refractivity contribution < 1.29 is 22.8 Å². The number of rotatable bonds is 3. The number of carbonyl (C=O) groups is 2. The lowest BCUT2D eigenvalue weighted by Gasteiger charge is -2.39. The maximum atomic E-state index is 12.7. The Balaban J connectivity index is 2.08. The summed E-state index contributed by atoms with van der Waals surface area (Å²) in [6.45, 7) is 2.33. The highest BCUT2D eigenvalue weighted by Gasteiger charge is 2.36. The molecule has 2 amide bonds. The van der Waals surface area contributed by atoms with E-state index >= 15 is 0 Å². The van der Waals surface area contributed by atoms with Crippen LogP contribution in [0.4, 0.5) is 13.2 Å². The second-order valence-corrected chi connectivity index (χ2v) is 6.40. The highest BCUT2D eigenvalue weighted by atomic mass is 19.4. The molecule has 1 unspecified atom stereocenters. The minimum Gasteiger partial charge on any atom is -0.347 e. The first-order valence-electron chi connectivity index (χ1n) is 7.81. The summed E-state index contributed by atoms with van der Waals surface area (Å²) in [5.74, 6) is -0.473. The summed E-state index contributed by atoms with van der Waals surface area (Å²) in [6, 6.07) is 0.451. The Morgan fingerprint density at radius 1 is 1.32 bits per heavy atom. The quantitative estimate of drug-likeness (QED) is 0.784. The molecule has 2 rings (SSSR count). The lowest BCUT2D eigenvalue weighted by molar-refractivity contribution is -0.144. The molecule has 1 aromatic heterocycles. The van der Waals surface area contributed by atoms with E-state index in [1.165, 1.54) is 16.7 Å². The predicted octanol–water partition coefficient (Wildman–Crippen LogP) is 0.441. The molecule has 2 heterocycles. The summed E-state index contributed by atoms with van der Waals surface area (Å²) in [5, 5.41) is 3.47. The molecule has 25 heavy (non-hydrogen) atoms. The van der Waals surface area contributed by atoms with Crippen molar-refractivity contribution in [2.75, 3.05) is 40.8 Å². The summed E-state index contributed by atoms with van der Waals surface area (Å²) >= 11 is 0. The molecule has 1 aliphatic rings. The number of amides is 2. The van der Waals surface area contributed by atoms with Gasteiger partial charge in [-0.15, -0.1) is 0 Å². The highest BCUT2D eigenvalue weighted by Crippen LogP contribution is 2.28. The Bertz CT molecular complexity index is 656. The van der Waals surface area contributed by atoms with Crippen LogP contribution in [-0.4, -0.2) is 83.1 Å². The first-order valence-corrected chi connectivity index (χ1v) is 7.81. The topological polar surface area (TPSA) is 61.7 Å². The van der Waals surface area contributed by atoms with Crippen molar-refractivity contribution in [3.05, 3.63) is 17.5 Å². The molecule has 0 radical (unpaired) electrons. The second kappa shape index (κ2) is 7.03. The van der Waals surface area contributed by atoms with Crippen LogP contribution in [0.5, 0.6) is 0 Å². The molecule has 140 valence electrons. The van der Waals surface area contributed by atoms with Crippen LogP contribution in [0.25, 0.3) is 0 Å². The van der Waals surface area contributed by atoms with Crippen LogP contribution in [0.3, 0.4) is 0 Å². The van der Waals surface area contributed by atoms with Crippen LogP contribution >= 0.6 is 0 Å². The molecule has 7 nitrogen and oxygen atoms in total. The van der Waals surface area contributed by atoms with Gasteiger partial charge in [0.2, 0.25) is 11.8 Å². The van der Waals surface area contributed by atoms with E-state index in [1.807, 2.05) is 4.90 Å². The Morgan fingerprint density at radius 3 is 2.48 bits per heavy atom. The maximum Gasteiger partial charge on any atom is 0.435 e. The minimum atomic E-state index is -4.55. The molecule has 1 saturated heterocycles. The normalized spacial score (nSPS) is 19.2. The zero-order valence-corrected chi connectivity index (χ0v) is 14.7. The van der Waals surface area contributed by atoms with E-state index in [0.29, 0.717) is 13.1 Å². The van der Waals surface area contributed by atoms with E-state index in [-0.39, 0.29) is 30.6 Å². The van der Waals surface area contributed by atoms with E-state index in [0.717, 1.165) is 10.7 Å². The van der Waals surface area contributed by atoms with Gasteiger partial charge in [-0.1, -0.05) is 0 Å². The molecule has 10 heteroatoms. The summed E-state index contributed by atoms with van der Waals surface area (Å²) in [4.78, 5) is 29.5. The number of aryl methyl sites for hydroxylation is 1. The average molecular weight is 361 g/mol. The zero-order chi connectivity index (χ0) is 18.9. The number of piperazine rings is 1. The van der Waals surface area contributed by atoms with Gasteiger partial charge < -0.3 is 9.80 Å². The van der Waals surface area contributed by atoms with Gasteiger partial charge in [0, 0.05) is 39.4 Å². The lowest BCUT2D eigenvalue weighted by Crippen LogP contribution is -2.58. The molecule has 1 aliphatic heterocycles. The van der Waals surface area contributed by atoms with Gasteiger partial charge in [-0.3, -0.25) is 19.2 Å². The van der Waals surface area contributed by atoms with Crippen LogP contribution in [-0.2, 0) is 22.3 Å². The van der Waals surface area contributed by atoms with Crippen molar-refractivity contribution >= 4 is 11.8 Å². The largest absolute Gasteiger partial charge is 0.435 e. The Kier molecular flexibility index (Phi) is 5.40. The molecule has 0 bridgehead atoms. The van der Waals surface area contributed by atoms with Gasteiger partial charge >= 0.3 is 6.18 Å². The zero-order valence-electron chi connectivity index (χ0n) is 14.7. The van der Waals surface area contributed by atoms with Crippen LogP contribution in [0.2, 0.25) is 0 Å². The molecule has 0 saturated carbocycles. The summed E-state index contributed by atoms with van der Waals surface area (Å²) in [7, 11) is 5.09. The van der Waals surface area contributed by atoms with Gasteiger partial charge in [-0.05, 0) is 20.0 Å². The van der Waals surface area contributed by atoms with Gasteiger partial charge in [0.05, 0.1) is 0 Å². The molecule has 1 fully saturated rings. The predicted molar refractivity (Wildman–Crippen MR) is 83.7 cm³/mol. The molecule has 1 aromatic rings. The van der Waals surface area contributed by atoms with Gasteiger partial charge in [-0.2, -0.15) is 18.3 Å². The monoisotopic (exact) mass is 361 g/mol. The van der Waals surface area contributed by atoms with E-state index in [2.05, 4.69) is 5.10 Å². The molecule has 0 aliphatic carbocycles. The van der Waals surface area contributed by atoms with Crippen molar-refractivity contribution in [3.8, 4) is 0 Å². The maximum absolute atomic E-state index is 12.7. The molecular weight excluding hydrogens is 339 g/mol. The third kappa shape index (κ3) is 4.30. The van der Waals surface area contributed by atoms with E-state index in [4.69, 9.17) is 0 Å². The number of aromatic nitrogens is 2. The Morgan fingerprint density at radius 2 is 1.96 bits per heavy atom. The number of likely N-dealkylation sites (N-methyl/N-ethyl adjacent to an activating group) is 2. The number of halogens is 3. The standard InChI is InChI=1S/C15H22F3N5O2/c1-10-7-12(15(16,17)18)19-23(10)9-13(24)22-6-5-21(4)11(8-22)14(25)20(2)3/h7,11H,5-6,8-9H2,1-4H3. The third-order valence-electron chi connectivity index (χ3n) is 4.28. The van der Waals surface area contributed by atoms with Gasteiger partial charge in [0.1, 0.15) is 12.6 Å². The van der Waals surface area contributed by atoms with Crippen LogP contribution in [0.1, 0.15) is 11.4 Å². The first kappa shape index (κ1) is 19.2. The van der Waals surface area contributed by atoms with Crippen molar-refractivity contribution in [3.63, 3.8) is 0 Å². The third-order valence-corrected chi connectivity index (χ3v) is 4.28. The molecular formula is C15H22F3N5O2. The highest BCUT2D eigenvalue weighted by molar-refractivity contribution is 5.83. The fourth-order valence-corrected chi connectivity index (χ4v) is 2.70. The van der Waals surface area contributed by atoms with E-state index < -0.39 is 17.9 Å². The smallest absolute Gasteiger partial charge is 0.347 e. The summed E-state index contributed by atoms with van der Waals surface area (Å²) < 4.78 is 39.2. The molecule has 0 spiro atoms. The van der Waals surface area contributed by atoms with E-state index in [9.17, 15) is 22.8 Å². The number of alkyl halides is 3. The van der Waals surface area contributed by atoms with Crippen LogP contribution in [0, 0.1) is 6.92 Å². The van der Waals surface area contributed by atoms with Crippen molar-refractivity contribution in [2.24, 2.45) is 0 Å². The molecule has 1 atom stereocenters. The Hall–Kier alpha value is -2.10. The fraction of sp³-hybridized carbons (Fsp3) is 0.667. The summed E-state index contributed by atoms with van der Waals surface area (Å²) in [6.07, 6.45) is -4.55. The molecule has 0 N–H and O–H groups in total. The number of hydrogen-bond acceptors (Lipinski definition) is 4. The van der Waals surface area contributed by atoms with Gasteiger partial charge in [0.25, 0.3) is 0 Å². The number of hydrogen-bond donors (Lipinski definition) is 0. The van der Waals surface area contributed by atoms with Gasteiger partial charge in [0.15, 0.2) is 5.69 Å². The average Bonchev–Trinajstić information content (AvgIpc) is 2.88. The van der Waals surface area contributed by atoms with Crippen LogP contribution in [0.15, 0.2) is 6.07 Å². The lowest BCUT2D eigenvalue weighted by atomic mass is 10.1.